The minimum absolute atomic E-state index is 0. The van der Waals surface area contributed by atoms with Crippen LogP contribution in [0.1, 0.15) is 124 Å². The second-order valence-electron chi connectivity index (χ2n) is 8.56. The van der Waals surface area contributed by atoms with Gasteiger partial charge in [0.15, 0.2) is 0 Å². The van der Waals surface area contributed by atoms with Gasteiger partial charge in [-0.05, 0) is 27.2 Å². The van der Waals surface area contributed by atoms with E-state index in [1.807, 2.05) is 6.92 Å². The molecule has 4 unspecified atom stereocenters. The summed E-state index contributed by atoms with van der Waals surface area (Å²) in [6, 6.07) is 0. The van der Waals surface area contributed by atoms with Crippen LogP contribution in [-0.4, -0.2) is 27.3 Å². The zero-order chi connectivity index (χ0) is 19.8. The van der Waals surface area contributed by atoms with E-state index in [1.54, 1.807) is 13.8 Å². The van der Waals surface area contributed by atoms with Gasteiger partial charge in [0.05, 0.1) is 17.1 Å². The fourth-order valence-corrected chi connectivity index (χ4v) is 4.16. The van der Waals surface area contributed by atoms with Gasteiger partial charge in [0.2, 0.25) is 0 Å². The van der Waals surface area contributed by atoms with E-state index in [9.17, 15) is 10.2 Å². The van der Waals surface area contributed by atoms with Crippen molar-refractivity contribution in [2.75, 3.05) is 0 Å². The Labute approximate surface area is 175 Å². The van der Waals surface area contributed by atoms with Crippen molar-refractivity contribution >= 4 is 11.6 Å². The van der Waals surface area contributed by atoms with Crippen molar-refractivity contribution in [3.63, 3.8) is 0 Å². The van der Waals surface area contributed by atoms with E-state index in [1.165, 1.54) is 83.5 Å². The summed E-state index contributed by atoms with van der Waals surface area (Å²) < 4.78 is 0. The van der Waals surface area contributed by atoms with Crippen LogP contribution >= 0.6 is 11.6 Å². The number of aliphatic hydroxyl groups is 2. The molecule has 4 atom stereocenters. The molecule has 0 aliphatic heterocycles. The Kier molecular flexibility index (Phi) is 19.8. The molecule has 0 amide bonds. The molecule has 4 heteroatoms. The third-order valence-corrected chi connectivity index (χ3v) is 6.59. The molecule has 0 fully saturated rings. The molecule has 0 bridgehead atoms. The van der Waals surface area contributed by atoms with Crippen LogP contribution < -0.4 is 6.15 Å². The van der Waals surface area contributed by atoms with E-state index < -0.39 is 17.1 Å². The predicted octanol–water partition coefficient (Wildman–Crippen LogP) is 7.40. The molecule has 0 aromatic carbocycles. The minimum Gasteiger partial charge on any atom is -0.393 e. The standard InChI is InChI=1S/C23H47ClO2.H3N/c1-5-6-7-8-9-10-11-12-13-14-15-16-17-18-19-22(20(2)25)23(4,24)21(3)26;/h20-22,25-26H,5-19H2,1-4H3;1H3. The third-order valence-electron chi connectivity index (χ3n) is 5.99. The van der Waals surface area contributed by atoms with Gasteiger partial charge in [-0.2, -0.15) is 0 Å². The van der Waals surface area contributed by atoms with Crippen molar-refractivity contribution in [2.45, 2.75) is 141 Å². The highest BCUT2D eigenvalue weighted by Crippen LogP contribution is 2.35. The highest BCUT2D eigenvalue weighted by atomic mass is 35.5. The second kappa shape index (κ2) is 18.2. The first-order valence-corrected chi connectivity index (χ1v) is 11.8. The molecule has 0 heterocycles. The van der Waals surface area contributed by atoms with Gasteiger partial charge in [-0.25, -0.2) is 0 Å². The first-order valence-electron chi connectivity index (χ1n) is 11.4. The second-order valence-corrected chi connectivity index (χ2v) is 9.37. The van der Waals surface area contributed by atoms with Crippen molar-refractivity contribution in [2.24, 2.45) is 5.92 Å². The molecule has 27 heavy (non-hydrogen) atoms. The summed E-state index contributed by atoms with van der Waals surface area (Å²) in [4.78, 5) is -0.745. The SMILES string of the molecule is CCCCCCCCCCCCCCCCC(C(C)O)C(C)(Cl)C(C)O.N. The average molecular weight is 408 g/mol. The summed E-state index contributed by atoms with van der Waals surface area (Å²) in [5, 5.41) is 19.9. The molecule has 0 rings (SSSR count). The number of rotatable bonds is 18. The van der Waals surface area contributed by atoms with Gasteiger partial charge < -0.3 is 16.4 Å². The molecule has 0 saturated heterocycles. The topological polar surface area (TPSA) is 75.5 Å². The Hall–Kier alpha value is 0.170. The fourth-order valence-electron chi connectivity index (χ4n) is 3.86. The third kappa shape index (κ3) is 14.8. The molecule has 0 radical (unpaired) electrons. The average Bonchev–Trinajstić information content (AvgIpc) is 2.57. The monoisotopic (exact) mass is 407 g/mol. The molecular weight excluding hydrogens is 358 g/mol. The van der Waals surface area contributed by atoms with Gasteiger partial charge in [0.25, 0.3) is 0 Å². The van der Waals surface area contributed by atoms with E-state index in [4.69, 9.17) is 11.6 Å². The van der Waals surface area contributed by atoms with Gasteiger partial charge in [-0.15, -0.1) is 11.6 Å². The van der Waals surface area contributed by atoms with Crippen LogP contribution in [-0.2, 0) is 0 Å². The molecule has 0 spiro atoms. The molecule has 0 saturated carbocycles. The van der Waals surface area contributed by atoms with Crippen molar-refractivity contribution in [3.05, 3.63) is 0 Å². The van der Waals surface area contributed by atoms with Crippen LogP contribution in [0.25, 0.3) is 0 Å². The van der Waals surface area contributed by atoms with E-state index in [-0.39, 0.29) is 12.1 Å². The lowest BCUT2D eigenvalue weighted by atomic mass is 9.81. The van der Waals surface area contributed by atoms with Gasteiger partial charge >= 0.3 is 0 Å². The summed E-state index contributed by atoms with van der Waals surface area (Å²) in [5.41, 5.74) is 0. The highest BCUT2D eigenvalue weighted by Gasteiger charge is 2.38. The normalized spacial score (nSPS) is 17.0. The smallest absolute Gasteiger partial charge is 0.0726 e. The Balaban J connectivity index is 0. The van der Waals surface area contributed by atoms with E-state index in [2.05, 4.69) is 6.92 Å². The Morgan fingerprint density at radius 2 is 1.04 bits per heavy atom. The number of aliphatic hydroxyl groups excluding tert-OH is 2. The van der Waals surface area contributed by atoms with Crippen LogP contribution in [0.15, 0.2) is 0 Å². The Morgan fingerprint density at radius 3 is 1.33 bits per heavy atom. The maximum atomic E-state index is 10.0. The quantitative estimate of drug-likeness (QED) is 0.163. The number of halogens is 1. The van der Waals surface area contributed by atoms with Crippen molar-refractivity contribution in [1.29, 1.82) is 0 Å². The van der Waals surface area contributed by atoms with E-state index >= 15 is 0 Å². The molecular formula is C23H50ClNO2. The maximum Gasteiger partial charge on any atom is 0.0726 e. The fraction of sp³-hybridized carbons (Fsp3) is 1.00. The Morgan fingerprint density at radius 1 is 0.704 bits per heavy atom. The molecule has 166 valence electrons. The molecule has 0 aliphatic carbocycles. The molecule has 0 aliphatic rings. The zero-order valence-corrected chi connectivity index (χ0v) is 19.6. The van der Waals surface area contributed by atoms with Crippen LogP contribution in [0.3, 0.4) is 0 Å². The summed E-state index contributed by atoms with van der Waals surface area (Å²) in [6.07, 6.45) is 18.7. The summed E-state index contributed by atoms with van der Waals surface area (Å²) in [7, 11) is 0. The van der Waals surface area contributed by atoms with E-state index in [0.29, 0.717) is 0 Å². The van der Waals surface area contributed by atoms with Crippen molar-refractivity contribution in [3.8, 4) is 0 Å². The minimum atomic E-state index is -0.745. The van der Waals surface area contributed by atoms with Crippen LogP contribution in [0, 0.1) is 5.92 Å². The number of unbranched alkanes of at least 4 members (excludes halogenated alkanes) is 13. The lowest BCUT2D eigenvalue weighted by Gasteiger charge is -2.36. The number of alkyl halides is 1. The largest absolute Gasteiger partial charge is 0.393 e. The van der Waals surface area contributed by atoms with Crippen LogP contribution in [0.4, 0.5) is 0 Å². The summed E-state index contributed by atoms with van der Waals surface area (Å²) in [6.45, 7) is 7.63. The van der Waals surface area contributed by atoms with Gasteiger partial charge in [0, 0.05) is 5.92 Å². The lowest BCUT2D eigenvalue weighted by molar-refractivity contribution is 0.0406. The number of hydrogen-bond donors (Lipinski definition) is 3. The van der Waals surface area contributed by atoms with E-state index in [0.717, 1.165) is 12.8 Å². The van der Waals surface area contributed by atoms with Crippen LogP contribution in [0.2, 0.25) is 0 Å². The molecule has 0 aromatic rings. The molecule has 0 aromatic heterocycles. The zero-order valence-electron chi connectivity index (χ0n) is 18.8. The van der Waals surface area contributed by atoms with Gasteiger partial charge in [0.1, 0.15) is 0 Å². The summed E-state index contributed by atoms with van der Waals surface area (Å²) >= 11 is 6.48. The number of hydrogen-bond acceptors (Lipinski definition) is 3. The predicted molar refractivity (Wildman–Crippen MR) is 121 cm³/mol. The Bertz CT molecular complexity index is 309. The summed E-state index contributed by atoms with van der Waals surface area (Å²) in [5.74, 6) is -0.0542. The van der Waals surface area contributed by atoms with Gasteiger partial charge in [-0.3, -0.25) is 0 Å². The maximum absolute atomic E-state index is 10.0. The molecule has 5 N–H and O–H groups in total. The van der Waals surface area contributed by atoms with Crippen molar-refractivity contribution < 1.29 is 10.2 Å². The van der Waals surface area contributed by atoms with Crippen molar-refractivity contribution in [1.82, 2.24) is 6.15 Å². The van der Waals surface area contributed by atoms with Crippen LogP contribution in [0.5, 0.6) is 0 Å². The first-order chi connectivity index (χ1) is 12.3. The highest BCUT2D eigenvalue weighted by molar-refractivity contribution is 6.24. The van der Waals surface area contributed by atoms with Gasteiger partial charge in [-0.1, -0.05) is 96.8 Å². The molecule has 3 nitrogen and oxygen atoms in total. The first kappa shape index (κ1) is 29.4. The lowest BCUT2D eigenvalue weighted by Crippen LogP contribution is -2.44.